The molecule has 23 heavy (non-hydrogen) atoms. The lowest BCUT2D eigenvalue weighted by atomic mass is 10.2. The van der Waals surface area contributed by atoms with E-state index in [0.29, 0.717) is 18.8 Å². The molecule has 1 fully saturated rings. The van der Waals surface area contributed by atoms with Gasteiger partial charge in [0, 0.05) is 13.1 Å². The number of anilines is 1. The summed E-state index contributed by atoms with van der Waals surface area (Å²) in [7, 11) is 0. The SMILES string of the molecule is CC1CN(C(=O)C2=NCC(=O)N(c3ccccc3)N2)CC(C)O1. The topological polar surface area (TPSA) is 74.2 Å². The number of rotatable bonds is 2. The monoisotopic (exact) mass is 316 g/mol. The van der Waals surface area contributed by atoms with Crippen LogP contribution in [0.1, 0.15) is 13.8 Å². The van der Waals surface area contributed by atoms with Gasteiger partial charge in [0.2, 0.25) is 5.84 Å². The van der Waals surface area contributed by atoms with Gasteiger partial charge >= 0.3 is 0 Å². The molecule has 2 aliphatic rings. The normalized spacial score (nSPS) is 25.0. The van der Waals surface area contributed by atoms with Crippen molar-refractivity contribution in [1.29, 1.82) is 0 Å². The van der Waals surface area contributed by atoms with Crippen LogP contribution in [0.3, 0.4) is 0 Å². The van der Waals surface area contributed by atoms with Crippen LogP contribution in [-0.4, -0.2) is 54.4 Å². The second kappa shape index (κ2) is 6.37. The summed E-state index contributed by atoms with van der Waals surface area (Å²) in [6, 6.07) is 9.15. The molecular weight excluding hydrogens is 296 g/mol. The third-order valence-corrected chi connectivity index (χ3v) is 3.76. The number of ether oxygens (including phenoxy) is 1. The summed E-state index contributed by atoms with van der Waals surface area (Å²) in [6.07, 6.45) is -0.0301. The zero-order valence-corrected chi connectivity index (χ0v) is 13.2. The van der Waals surface area contributed by atoms with Crippen LogP contribution in [0.2, 0.25) is 0 Å². The van der Waals surface area contributed by atoms with Crippen LogP contribution in [0.5, 0.6) is 0 Å². The number of amides is 2. The van der Waals surface area contributed by atoms with Gasteiger partial charge in [-0.25, -0.2) is 5.01 Å². The molecule has 3 rings (SSSR count). The smallest absolute Gasteiger partial charge is 0.290 e. The van der Waals surface area contributed by atoms with Crippen molar-refractivity contribution in [3.63, 3.8) is 0 Å². The van der Waals surface area contributed by atoms with Crippen molar-refractivity contribution in [2.75, 3.05) is 24.6 Å². The van der Waals surface area contributed by atoms with Crippen LogP contribution in [0, 0.1) is 0 Å². The Kier molecular flexibility index (Phi) is 4.29. The van der Waals surface area contributed by atoms with Crippen molar-refractivity contribution in [2.24, 2.45) is 4.99 Å². The lowest BCUT2D eigenvalue weighted by Crippen LogP contribution is -2.59. The van der Waals surface area contributed by atoms with E-state index in [4.69, 9.17) is 4.74 Å². The van der Waals surface area contributed by atoms with Gasteiger partial charge in [-0.1, -0.05) is 18.2 Å². The van der Waals surface area contributed by atoms with Crippen molar-refractivity contribution >= 4 is 23.3 Å². The molecule has 2 heterocycles. The zero-order valence-electron chi connectivity index (χ0n) is 13.2. The maximum absolute atomic E-state index is 12.7. The van der Waals surface area contributed by atoms with Gasteiger partial charge in [-0.05, 0) is 26.0 Å². The van der Waals surface area contributed by atoms with Gasteiger partial charge in [-0.2, -0.15) is 0 Å². The molecule has 2 unspecified atom stereocenters. The summed E-state index contributed by atoms with van der Waals surface area (Å²) in [5.41, 5.74) is 3.53. The molecule has 1 aromatic carbocycles. The third-order valence-electron chi connectivity index (χ3n) is 3.76. The maximum atomic E-state index is 12.7. The Morgan fingerprint density at radius 1 is 1.22 bits per heavy atom. The van der Waals surface area contributed by atoms with Crippen LogP contribution in [-0.2, 0) is 14.3 Å². The Labute approximate surface area is 134 Å². The van der Waals surface area contributed by atoms with E-state index in [1.54, 1.807) is 17.0 Å². The summed E-state index contributed by atoms with van der Waals surface area (Å²) < 4.78 is 5.64. The lowest BCUT2D eigenvalue weighted by Gasteiger charge is -2.36. The molecule has 122 valence electrons. The molecule has 0 bridgehead atoms. The quantitative estimate of drug-likeness (QED) is 0.866. The fourth-order valence-electron chi connectivity index (χ4n) is 2.82. The van der Waals surface area contributed by atoms with Crippen LogP contribution < -0.4 is 10.4 Å². The molecule has 2 amide bonds. The van der Waals surface area contributed by atoms with Gasteiger partial charge in [0.25, 0.3) is 11.8 Å². The highest BCUT2D eigenvalue weighted by atomic mass is 16.5. The zero-order chi connectivity index (χ0) is 16.4. The van der Waals surface area contributed by atoms with Gasteiger partial charge < -0.3 is 9.64 Å². The molecular formula is C16H20N4O3. The van der Waals surface area contributed by atoms with Crippen LogP contribution in [0.15, 0.2) is 35.3 Å². The second-order valence-electron chi connectivity index (χ2n) is 5.81. The number of carbonyl (C=O) groups is 2. The van der Waals surface area contributed by atoms with E-state index in [1.165, 1.54) is 5.01 Å². The standard InChI is InChI=1S/C16H20N4O3/c1-11-9-19(10-12(2)23-11)16(22)15-17-8-14(21)20(18-15)13-6-4-3-5-7-13/h3-7,11-12H,8-10H2,1-2H3,(H,17,18). The van der Waals surface area contributed by atoms with Gasteiger partial charge in [-0.3, -0.25) is 20.0 Å². The van der Waals surface area contributed by atoms with Gasteiger partial charge in [0.15, 0.2) is 0 Å². The second-order valence-corrected chi connectivity index (χ2v) is 5.81. The van der Waals surface area contributed by atoms with Crippen molar-refractivity contribution in [2.45, 2.75) is 26.1 Å². The first-order valence-electron chi connectivity index (χ1n) is 7.68. The van der Waals surface area contributed by atoms with Gasteiger partial charge in [0.05, 0.1) is 17.9 Å². The Morgan fingerprint density at radius 2 is 1.87 bits per heavy atom. The number of hydrogen-bond donors (Lipinski definition) is 1. The van der Waals surface area contributed by atoms with Gasteiger partial charge in [-0.15, -0.1) is 0 Å². The molecule has 0 aliphatic carbocycles. The summed E-state index contributed by atoms with van der Waals surface area (Å²) in [4.78, 5) is 30.5. The average molecular weight is 316 g/mol. The number of para-hydroxylation sites is 1. The molecule has 7 heteroatoms. The first-order valence-corrected chi connectivity index (χ1v) is 7.68. The lowest BCUT2D eigenvalue weighted by molar-refractivity contribution is -0.136. The molecule has 0 spiro atoms. The minimum absolute atomic E-state index is 0.0150. The minimum atomic E-state index is -0.208. The average Bonchev–Trinajstić information content (AvgIpc) is 2.54. The fourth-order valence-corrected chi connectivity index (χ4v) is 2.82. The Morgan fingerprint density at radius 3 is 2.52 bits per heavy atom. The van der Waals surface area contributed by atoms with Crippen molar-refractivity contribution in [1.82, 2.24) is 10.3 Å². The third kappa shape index (κ3) is 3.34. The highest BCUT2D eigenvalue weighted by Gasteiger charge is 2.32. The number of morpholine rings is 1. The number of aliphatic imine (C=N–C) groups is 1. The minimum Gasteiger partial charge on any atom is -0.372 e. The molecule has 1 N–H and O–H groups in total. The van der Waals surface area contributed by atoms with Crippen LogP contribution >= 0.6 is 0 Å². The Hall–Kier alpha value is -2.41. The fraction of sp³-hybridized carbons (Fsp3) is 0.438. The van der Waals surface area contributed by atoms with Crippen LogP contribution in [0.25, 0.3) is 0 Å². The van der Waals surface area contributed by atoms with E-state index in [9.17, 15) is 9.59 Å². The number of hydrazine groups is 1. The summed E-state index contributed by atoms with van der Waals surface area (Å²) >= 11 is 0. The number of amidine groups is 1. The highest BCUT2D eigenvalue weighted by Crippen LogP contribution is 2.15. The van der Waals surface area contributed by atoms with E-state index in [0.717, 1.165) is 0 Å². The first-order chi connectivity index (χ1) is 11.0. The molecule has 2 atom stereocenters. The van der Waals surface area contributed by atoms with Crippen LogP contribution in [0.4, 0.5) is 5.69 Å². The molecule has 7 nitrogen and oxygen atoms in total. The molecule has 1 aromatic rings. The summed E-state index contributed by atoms with van der Waals surface area (Å²) in [5, 5.41) is 1.37. The molecule has 2 aliphatic heterocycles. The van der Waals surface area contributed by atoms with E-state index >= 15 is 0 Å². The van der Waals surface area contributed by atoms with E-state index < -0.39 is 0 Å². The molecule has 1 saturated heterocycles. The predicted molar refractivity (Wildman–Crippen MR) is 86.0 cm³/mol. The van der Waals surface area contributed by atoms with E-state index in [-0.39, 0.29) is 36.4 Å². The van der Waals surface area contributed by atoms with E-state index in [2.05, 4.69) is 10.4 Å². The summed E-state index contributed by atoms with van der Waals surface area (Å²) in [5.74, 6) is -0.216. The number of benzene rings is 1. The molecule has 0 aromatic heterocycles. The molecule has 0 radical (unpaired) electrons. The van der Waals surface area contributed by atoms with Crippen molar-refractivity contribution in [3.8, 4) is 0 Å². The predicted octanol–water partition coefficient (Wildman–Crippen LogP) is 0.572. The Balaban J connectivity index is 1.75. The number of nitrogens with zero attached hydrogens (tertiary/aromatic N) is 3. The summed E-state index contributed by atoms with van der Waals surface area (Å²) in [6.45, 7) is 4.86. The van der Waals surface area contributed by atoms with Crippen molar-refractivity contribution < 1.29 is 14.3 Å². The number of carbonyl (C=O) groups excluding carboxylic acids is 2. The Bertz CT molecular complexity index is 621. The van der Waals surface area contributed by atoms with Crippen molar-refractivity contribution in [3.05, 3.63) is 30.3 Å². The molecule has 0 saturated carbocycles. The first kappa shape index (κ1) is 15.5. The largest absolute Gasteiger partial charge is 0.372 e. The number of hydrogen-bond acceptors (Lipinski definition) is 5. The number of nitrogens with one attached hydrogen (secondary N) is 1. The highest BCUT2D eigenvalue weighted by molar-refractivity contribution is 6.39. The van der Waals surface area contributed by atoms with E-state index in [1.807, 2.05) is 32.0 Å². The maximum Gasteiger partial charge on any atom is 0.290 e. The van der Waals surface area contributed by atoms with Gasteiger partial charge in [0.1, 0.15) is 6.54 Å².